The van der Waals surface area contributed by atoms with E-state index in [4.69, 9.17) is 23.2 Å². The molecule has 3 rings (SSSR count). The molecule has 2 aromatic rings. The average Bonchev–Trinajstić information content (AvgIpc) is 3.40. The zero-order valence-electron chi connectivity index (χ0n) is 20.1. The summed E-state index contributed by atoms with van der Waals surface area (Å²) in [5.41, 5.74) is 0.845. The van der Waals surface area contributed by atoms with Crippen molar-refractivity contribution in [1.29, 1.82) is 0 Å². The molecular formula is C27H35Cl2N3O2S. The molecule has 0 radical (unpaired) electrons. The van der Waals surface area contributed by atoms with Gasteiger partial charge in [-0.15, -0.1) is 11.3 Å². The van der Waals surface area contributed by atoms with Crippen molar-refractivity contribution in [3.05, 3.63) is 62.3 Å². The van der Waals surface area contributed by atoms with E-state index in [1.54, 1.807) is 18.2 Å². The topological polar surface area (TPSA) is 61.4 Å². The third-order valence-corrected chi connectivity index (χ3v) is 7.85. The fourth-order valence-electron chi connectivity index (χ4n) is 4.37. The second-order valence-corrected chi connectivity index (χ2v) is 10.8. The van der Waals surface area contributed by atoms with E-state index >= 15 is 0 Å². The van der Waals surface area contributed by atoms with Crippen LogP contribution in [0.4, 0.5) is 0 Å². The molecule has 0 aliphatic carbocycles. The smallest absolute Gasteiger partial charge is 0.261 e. The van der Waals surface area contributed by atoms with Crippen LogP contribution >= 0.6 is 34.5 Å². The molecule has 1 aromatic carbocycles. The number of benzene rings is 1. The normalized spacial score (nSPS) is 16.5. The van der Waals surface area contributed by atoms with E-state index in [0.29, 0.717) is 16.6 Å². The number of amides is 2. The molecule has 1 atom stereocenters. The summed E-state index contributed by atoms with van der Waals surface area (Å²) in [5, 5.41) is 8.89. The van der Waals surface area contributed by atoms with Crippen LogP contribution in [0.5, 0.6) is 0 Å². The summed E-state index contributed by atoms with van der Waals surface area (Å²) in [4.78, 5) is 27.4. The van der Waals surface area contributed by atoms with Gasteiger partial charge in [-0.25, -0.2) is 0 Å². The molecule has 2 N–H and O–H groups in total. The largest absolute Gasteiger partial charge is 0.353 e. The maximum Gasteiger partial charge on any atom is 0.261 e. The van der Waals surface area contributed by atoms with Crippen LogP contribution in [-0.4, -0.2) is 49.4 Å². The molecule has 0 spiro atoms. The molecule has 1 aliphatic heterocycles. The number of likely N-dealkylation sites (tertiary alicyclic amines) is 1. The predicted octanol–water partition coefficient (Wildman–Crippen LogP) is 6.28. The highest BCUT2D eigenvalue weighted by Crippen LogP contribution is 2.23. The molecule has 0 bridgehead atoms. The van der Waals surface area contributed by atoms with Crippen molar-refractivity contribution in [2.75, 3.05) is 32.7 Å². The van der Waals surface area contributed by atoms with Crippen LogP contribution in [0.3, 0.4) is 0 Å². The Morgan fingerprint density at radius 2 is 1.91 bits per heavy atom. The van der Waals surface area contributed by atoms with Crippen molar-refractivity contribution >= 4 is 52.4 Å². The van der Waals surface area contributed by atoms with E-state index in [2.05, 4.69) is 15.5 Å². The van der Waals surface area contributed by atoms with Crippen molar-refractivity contribution in [3.63, 3.8) is 0 Å². The Kier molecular flexibility index (Phi) is 12.1. The van der Waals surface area contributed by atoms with E-state index in [9.17, 15) is 9.59 Å². The first-order chi connectivity index (χ1) is 17.0. The number of nitrogens with one attached hydrogen (secondary N) is 2. The Bertz CT molecular complexity index is 965. The molecular weight excluding hydrogens is 501 g/mol. The number of carbonyl (C=O) groups excluding carboxylic acids is 2. The SMILES string of the molecule is O=C(C=Cc1ccc(Cl)c(Cl)c1)NCCCCCN1CCCC(CCCNC(=O)c2cccs2)C1. The number of halogens is 2. The van der Waals surface area contributed by atoms with Gasteiger partial charge in [-0.05, 0) is 92.8 Å². The maximum atomic E-state index is 12.0. The van der Waals surface area contributed by atoms with Crippen LogP contribution in [0.25, 0.3) is 6.08 Å². The first-order valence-corrected chi connectivity index (χ1v) is 14.1. The van der Waals surface area contributed by atoms with Crippen LogP contribution in [-0.2, 0) is 4.79 Å². The lowest BCUT2D eigenvalue weighted by atomic mass is 9.93. The quantitative estimate of drug-likeness (QED) is 0.234. The zero-order valence-corrected chi connectivity index (χ0v) is 22.4. The van der Waals surface area contributed by atoms with E-state index < -0.39 is 0 Å². The van der Waals surface area contributed by atoms with Gasteiger partial charge in [-0.2, -0.15) is 0 Å². The highest BCUT2D eigenvalue weighted by molar-refractivity contribution is 7.12. The molecule has 5 nitrogen and oxygen atoms in total. The number of carbonyl (C=O) groups is 2. The second kappa shape index (κ2) is 15.3. The van der Waals surface area contributed by atoms with E-state index in [-0.39, 0.29) is 11.8 Å². The van der Waals surface area contributed by atoms with Gasteiger partial charge in [0, 0.05) is 25.7 Å². The number of piperidine rings is 1. The third kappa shape index (κ3) is 10.3. The Morgan fingerprint density at radius 3 is 2.71 bits per heavy atom. The number of rotatable bonds is 13. The summed E-state index contributed by atoms with van der Waals surface area (Å²) in [5.74, 6) is 0.675. The van der Waals surface area contributed by atoms with Crippen LogP contribution < -0.4 is 10.6 Å². The van der Waals surface area contributed by atoms with Crippen LogP contribution in [0.2, 0.25) is 10.0 Å². The minimum absolute atomic E-state index is 0.0453. The summed E-state index contributed by atoms with van der Waals surface area (Å²) in [7, 11) is 0. The molecule has 2 amide bonds. The van der Waals surface area contributed by atoms with E-state index in [1.165, 1.54) is 43.2 Å². The highest BCUT2D eigenvalue weighted by Gasteiger charge is 2.19. The van der Waals surface area contributed by atoms with Crippen molar-refractivity contribution < 1.29 is 9.59 Å². The summed E-state index contributed by atoms with van der Waals surface area (Å²) in [6.45, 7) is 4.90. The van der Waals surface area contributed by atoms with Gasteiger partial charge in [0.1, 0.15) is 0 Å². The van der Waals surface area contributed by atoms with Gasteiger partial charge >= 0.3 is 0 Å². The monoisotopic (exact) mass is 535 g/mol. The Labute approximate surface area is 222 Å². The Hall–Kier alpha value is -1.86. The Balaban J connectivity index is 1.21. The number of nitrogens with zero attached hydrogens (tertiary/aromatic N) is 1. The number of thiophene rings is 1. The fraction of sp³-hybridized carbons (Fsp3) is 0.481. The average molecular weight is 537 g/mol. The molecule has 1 saturated heterocycles. The van der Waals surface area contributed by atoms with Gasteiger partial charge in [0.25, 0.3) is 5.91 Å². The number of hydrogen-bond donors (Lipinski definition) is 2. The van der Waals surface area contributed by atoms with Gasteiger partial charge in [-0.3, -0.25) is 9.59 Å². The van der Waals surface area contributed by atoms with Crippen molar-refractivity contribution in [3.8, 4) is 0 Å². The predicted molar refractivity (Wildman–Crippen MR) is 147 cm³/mol. The minimum atomic E-state index is -0.0958. The van der Waals surface area contributed by atoms with Crippen molar-refractivity contribution in [1.82, 2.24) is 15.5 Å². The maximum absolute atomic E-state index is 12.0. The van der Waals surface area contributed by atoms with Gasteiger partial charge in [0.05, 0.1) is 14.9 Å². The van der Waals surface area contributed by atoms with Gasteiger partial charge in [0.15, 0.2) is 0 Å². The molecule has 1 aromatic heterocycles. The lowest BCUT2D eigenvalue weighted by molar-refractivity contribution is -0.116. The molecule has 0 saturated carbocycles. The summed E-state index contributed by atoms with van der Waals surface area (Å²) >= 11 is 13.4. The molecule has 35 heavy (non-hydrogen) atoms. The van der Waals surface area contributed by atoms with Crippen molar-refractivity contribution in [2.24, 2.45) is 5.92 Å². The molecule has 1 unspecified atom stereocenters. The van der Waals surface area contributed by atoms with Crippen molar-refractivity contribution in [2.45, 2.75) is 44.9 Å². The third-order valence-electron chi connectivity index (χ3n) is 6.24. The van der Waals surface area contributed by atoms with Crippen LogP contribution in [0.1, 0.15) is 60.2 Å². The summed E-state index contributed by atoms with van der Waals surface area (Å²) < 4.78 is 0. The standard InChI is InChI=1S/C27H35Cl2N3O2S/c28-23-12-10-21(19-24(23)29)11-13-26(33)30-14-2-1-3-16-32-17-5-8-22(20-32)7-4-15-31-27(34)25-9-6-18-35-25/h6,9-13,18-19,22H,1-5,7-8,14-17,20H2,(H,30,33)(H,31,34). The molecule has 2 heterocycles. The van der Waals surface area contributed by atoms with Gasteiger partial charge < -0.3 is 15.5 Å². The number of hydrogen-bond acceptors (Lipinski definition) is 4. The van der Waals surface area contributed by atoms with Crippen LogP contribution in [0, 0.1) is 5.92 Å². The summed E-state index contributed by atoms with van der Waals surface area (Å²) in [6.07, 6.45) is 11.3. The van der Waals surface area contributed by atoms with Gasteiger partial charge in [0.2, 0.25) is 5.91 Å². The molecule has 1 aliphatic rings. The first kappa shape index (κ1) is 27.7. The molecule has 1 fully saturated rings. The Morgan fingerprint density at radius 1 is 1.06 bits per heavy atom. The lowest BCUT2D eigenvalue weighted by Gasteiger charge is -2.32. The second-order valence-electron chi connectivity index (χ2n) is 9.04. The van der Waals surface area contributed by atoms with E-state index in [0.717, 1.165) is 61.7 Å². The highest BCUT2D eigenvalue weighted by atomic mass is 35.5. The summed E-state index contributed by atoms with van der Waals surface area (Å²) in [6, 6.07) is 9.06. The minimum Gasteiger partial charge on any atom is -0.353 e. The van der Waals surface area contributed by atoms with Gasteiger partial charge in [-0.1, -0.05) is 41.8 Å². The molecule has 190 valence electrons. The van der Waals surface area contributed by atoms with E-state index in [1.807, 2.05) is 23.6 Å². The zero-order chi connectivity index (χ0) is 24.9. The first-order valence-electron chi connectivity index (χ1n) is 12.5. The fourth-order valence-corrected chi connectivity index (χ4v) is 5.32. The molecule has 8 heteroatoms. The van der Waals surface area contributed by atoms with Crippen LogP contribution in [0.15, 0.2) is 41.8 Å². The number of unbranched alkanes of at least 4 members (excludes halogenated alkanes) is 2. The lowest BCUT2D eigenvalue weighted by Crippen LogP contribution is -2.36.